The van der Waals surface area contributed by atoms with E-state index in [0.29, 0.717) is 18.3 Å². The molecule has 2 unspecified atom stereocenters. The van der Waals surface area contributed by atoms with Crippen LogP contribution in [0.5, 0.6) is 0 Å². The number of carboxylic acids is 1. The Labute approximate surface area is 116 Å². The summed E-state index contributed by atoms with van der Waals surface area (Å²) < 4.78 is 0. The number of aromatic nitrogens is 2. The number of nitrogens with zero attached hydrogens (tertiary/aromatic N) is 1. The molecule has 4 heteroatoms. The van der Waals surface area contributed by atoms with Crippen molar-refractivity contribution < 1.29 is 9.90 Å². The largest absolute Gasteiger partial charge is 0.481 e. The Balaban J connectivity index is 0.000000532. The lowest BCUT2D eigenvalue weighted by atomic mass is 9.81. The van der Waals surface area contributed by atoms with E-state index in [1.165, 1.54) is 12.8 Å². The van der Waals surface area contributed by atoms with E-state index in [1.54, 1.807) is 18.7 Å². The second-order valence-electron chi connectivity index (χ2n) is 4.86. The highest BCUT2D eigenvalue weighted by Crippen LogP contribution is 2.28. The smallest absolute Gasteiger partial charge is 0.303 e. The molecule has 0 aliphatic carbocycles. The molecule has 0 amide bonds. The fourth-order valence-corrected chi connectivity index (χ4v) is 2.46. The van der Waals surface area contributed by atoms with Crippen molar-refractivity contribution in [2.45, 2.75) is 59.3 Å². The van der Waals surface area contributed by atoms with Crippen molar-refractivity contribution in [1.82, 2.24) is 9.97 Å². The van der Waals surface area contributed by atoms with Crippen LogP contribution < -0.4 is 0 Å². The number of imidazole rings is 1. The Morgan fingerprint density at radius 3 is 2.16 bits per heavy atom. The van der Waals surface area contributed by atoms with Gasteiger partial charge >= 0.3 is 5.97 Å². The molecule has 1 aromatic heterocycles. The van der Waals surface area contributed by atoms with Gasteiger partial charge in [-0.05, 0) is 18.3 Å². The van der Waals surface area contributed by atoms with E-state index in [9.17, 15) is 4.79 Å². The van der Waals surface area contributed by atoms with E-state index in [1.807, 2.05) is 0 Å². The molecule has 4 nitrogen and oxygen atoms in total. The van der Waals surface area contributed by atoms with Crippen molar-refractivity contribution in [1.29, 1.82) is 0 Å². The lowest BCUT2D eigenvalue weighted by Gasteiger charge is -2.24. The number of rotatable bonds is 8. The van der Waals surface area contributed by atoms with Gasteiger partial charge in [-0.25, -0.2) is 4.98 Å². The van der Waals surface area contributed by atoms with Crippen LogP contribution in [0.1, 0.15) is 59.3 Å². The number of aromatic amines is 1. The number of hydrogen-bond donors (Lipinski definition) is 2. The summed E-state index contributed by atoms with van der Waals surface area (Å²) in [4.78, 5) is 17.1. The van der Waals surface area contributed by atoms with Crippen molar-refractivity contribution in [2.24, 2.45) is 11.8 Å². The number of H-pyrrole nitrogens is 1. The van der Waals surface area contributed by atoms with Gasteiger partial charge in [0.15, 0.2) is 0 Å². The SMILES string of the molecule is CCCC(CC)C(CCC)CC(=O)O.c1c[nH]cn1. The van der Waals surface area contributed by atoms with E-state index >= 15 is 0 Å². The van der Waals surface area contributed by atoms with Crippen LogP contribution in [0.25, 0.3) is 0 Å². The van der Waals surface area contributed by atoms with Crippen LogP contribution in [0.4, 0.5) is 0 Å². The van der Waals surface area contributed by atoms with Crippen LogP contribution in [0.2, 0.25) is 0 Å². The van der Waals surface area contributed by atoms with Crippen molar-refractivity contribution in [3.05, 3.63) is 18.7 Å². The number of carboxylic acid groups (broad SMARTS) is 1. The summed E-state index contributed by atoms with van der Waals surface area (Å²) in [5.41, 5.74) is 0. The number of aliphatic carboxylic acids is 1. The van der Waals surface area contributed by atoms with E-state index in [0.717, 1.165) is 19.3 Å². The van der Waals surface area contributed by atoms with Crippen molar-refractivity contribution in [2.75, 3.05) is 0 Å². The Kier molecular flexibility index (Phi) is 10.9. The van der Waals surface area contributed by atoms with Gasteiger partial charge in [0.25, 0.3) is 0 Å². The lowest BCUT2D eigenvalue weighted by molar-refractivity contribution is -0.138. The molecule has 1 aromatic rings. The molecule has 2 N–H and O–H groups in total. The minimum Gasteiger partial charge on any atom is -0.481 e. The molecule has 0 aromatic carbocycles. The molecule has 0 saturated carbocycles. The second kappa shape index (κ2) is 11.8. The summed E-state index contributed by atoms with van der Waals surface area (Å²) >= 11 is 0. The monoisotopic (exact) mass is 268 g/mol. The fraction of sp³-hybridized carbons (Fsp3) is 0.733. The molecule has 19 heavy (non-hydrogen) atoms. The van der Waals surface area contributed by atoms with Crippen LogP contribution in [0.3, 0.4) is 0 Å². The van der Waals surface area contributed by atoms with Crippen molar-refractivity contribution in [3.63, 3.8) is 0 Å². The number of carbonyl (C=O) groups is 1. The second-order valence-corrected chi connectivity index (χ2v) is 4.86. The molecule has 0 aliphatic rings. The highest BCUT2D eigenvalue weighted by molar-refractivity contribution is 5.67. The summed E-state index contributed by atoms with van der Waals surface area (Å²) in [5.74, 6) is 0.358. The Bertz CT molecular complexity index is 282. The molecule has 0 saturated heterocycles. The van der Waals surface area contributed by atoms with Gasteiger partial charge in [0, 0.05) is 18.8 Å². The Hall–Kier alpha value is -1.32. The standard InChI is InChI=1S/C12H24O2.C3H4N2/c1-4-7-10(6-3)11(8-5-2)9-12(13)14;1-2-5-3-4-1/h10-11H,4-9H2,1-3H3,(H,13,14);1-3H,(H,4,5). The topological polar surface area (TPSA) is 66.0 Å². The van der Waals surface area contributed by atoms with E-state index in [4.69, 9.17) is 5.11 Å². The first-order valence-corrected chi connectivity index (χ1v) is 7.30. The van der Waals surface area contributed by atoms with Crippen LogP contribution >= 0.6 is 0 Å². The predicted octanol–water partition coefficient (Wildman–Crippen LogP) is 4.11. The first-order valence-electron chi connectivity index (χ1n) is 7.30. The highest BCUT2D eigenvalue weighted by Gasteiger charge is 2.20. The summed E-state index contributed by atoms with van der Waals surface area (Å²) in [6.07, 6.45) is 11.0. The number of nitrogens with one attached hydrogen (secondary N) is 1. The lowest BCUT2D eigenvalue weighted by Crippen LogP contribution is -2.18. The maximum Gasteiger partial charge on any atom is 0.303 e. The van der Waals surface area contributed by atoms with E-state index in [-0.39, 0.29) is 0 Å². The summed E-state index contributed by atoms with van der Waals surface area (Å²) in [6, 6.07) is 0. The van der Waals surface area contributed by atoms with Crippen molar-refractivity contribution in [3.8, 4) is 0 Å². The average Bonchev–Trinajstić information content (AvgIpc) is 2.94. The van der Waals surface area contributed by atoms with E-state index in [2.05, 4.69) is 30.7 Å². The Morgan fingerprint density at radius 2 is 1.84 bits per heavy atom. The van der Waals surface area contributed by atoms with Crippen LogP contribution in [0.15, 0.2) is 18.7 Å². The molecule has 0 fully saturated rings. The molecule has 0 aliphatic heterocycles. The normalized spacial score (nSPS) is 13.2. The van der Waals surface area contributed by atoms with Gasteiger partial charge < -0.3 is 10.1 Å². The van der Waals surface area contributed by atoms with Gasteiger partial charge in [0.1, 0.15) is 0 Å². The molecule has 110 valence electrons. The van der Waals surface area contributed by atoms with Gasteiger partial charge in [-0.3, -0.25) is 4.79 Å². The van der Waals surface area contributed by atoms with Gasteiger partial charge in [0.05, 0.1) is 6.33 Å². The molecular weight excluding hydrogens is 240 g/mol. The highest BCUT2D eigenvalue weighted by atomic mass is 16.4. The van der Waals surface area contributed by atoms with Gasteiger partial charge in [-0.1, -0.05) is 46.5 Å². The summed E-state index contributed by atoms with van der Waals surface area (Å²) in [5, 5.41) is 8.82. The van der Waals surface area contributed by atoms with E-state index < -0.39 is 5.97 Å². The first-order chi connectivity index (χ1) is 9.15. The molecule has 0 radical (unpaired) electrons. The molecule has 2 atom stereocenters. The fourth-order valence-electron chi connectivity index (χ4n) is 2.46. The van der Waals surface area contributed by atoms with Gasteiger partial charge in [0.2, 0.25) is 0 Å². The van der Waals surface area contributed by atoms with Gasteiger partial charge in [-0.15, -0.1) is 0 Å². The predicted molar refractivity (Wildman–Crippen MR) is 77.9 cm³/mol. The molecule has 1 heterocycles. The molecule has 0 bridgehead atoms. The quantitative estimate of drug-likeness (QED) is 0.745. The third-order valence-electron chi connectivity index (χ3n) is 3.35. The minimum atomic E-state index is -0.641. The molecule has 1 rings (SSSR count). The number of hydrogen-bond acceptors (Lipinski definition) is 2. The van der Waals surface area contributed by atoms with Gasteiger partial charge in [-0.2, -0.15) is 0 Å². The van der Waals surface area contributed by atoms with Crippen LogP contribution in [-0.4, -0.2) is 21.0 Å². The summed E-state index contributed by atoms with van der Waals surface area (Å²) in [6.45, 7) is 6.48. The zero-order chi connectivity index (χ0) is 14.5. The summed E-state index contributed by atoms with van der Waals surface area (Å²) in [7, 11) is 0. The first kappa shape index (κ1) is 17.7. The maximum absolute atomic E-state index is 10.7. The third kappa shape index (κ3) is 9.28. The zero-order valence-electron chi connectivity index (χ0n) is 12.4. The molecular formula is C15H28N2O2. The zero-order valence-corrected chi connectivity index (χ0v) is 12.4. The van der Waals surface area contributed by atoms with Crippen molar-refractivity contribution >= 4 is 5.97 Å². The third-order valence-corrected chi connectivity index (χ3v) is 3.35. The maximum atomic E-state index is 10.7. The molecule has 0 spiro atoms. The average molecular weight is 268 g/mol. The Morgan fingerprint density at radius 1 is 1.21 bits per heavy atom. The van der Waals surface area contributed by atoms with Crippen LogP contribution in [0, 0.1) is 11.8 Å². The van der Waals surface area contributed by atoms with Crippen LogP contribution in [-0.2, 0) is 4.79 Å². The minimum absolute atomic E-state index is 0.354.